The lowest BCUT2D eigenvalue weighted by atomic mass is 10.2. The Labute approximate surface area is 96.3 Å². The average Bonchev–Trinajstić information content (AvgIpc) is 2.75. The molecule has 0 fully saturated rings. The SMILES string of the molecule is CCC(C)N(C)C(=O)c1n[nH]c(C(C)C)n1. The molecule has 0 spiro atoms. The van der Waals surface area contributed by atoms with E-state index in [4.69, 9.17) is 0 Å². The first kappa shape index (κ1) is 12.7. The Kier molecular flexibility index (Phi) is 4.04. The smallest absolute Gasteiger partial charge is 0.293 e. The molecule has 5 heteroatoms. The van der Waals surface area contributed by atoms with Gasteiger partial charge >= 0.3 is 0 Å². The van der Waals surface area contributed by atoms with E-state index >= 15 is 0 Å². The Morgan fingerprint density at radius 3 is 2.50 bits per heavy atom. The molecular weight excluding hydrogens is 204 g/mol. The van der Waals surface area contributed by atoms with E-state index in [0.29, 0.717) is 0 Å². The Morgan fingerprint density at radius 1 is 1.44 bits per heavy atom. The van der Waals surface area contributed by atoms with Gasteiger partial charge in [0, 0.05) is 19.0 Å². The quantitative estimate of drug-likeness (QED) is 0.848. The molecule has 1 atom stereocenters. The third-order valence-corrected chi connectivity index (χ3v) is 2.81. The third kappa shape index (κ3) is 2.59. The van der Waals surface area contributed by atoms with Gasteiger partial charge in [-0.2, -0.15) is 0 Å². The number of aromatic nitrogens is 3. The molecule has 1 heterocycles. The van der Waals surface area contributed by atoms with Crippen LogP contribution in [0.2, 0.25) is 0 Å². The van der Waals surface area contributed by atoms with Crippen molar-refractivity contribution in [2.24, 2.45) is 0 Å². The molecule has 0 radical (unpaired) electrons. The van der Waals surface area contributed by atoms with Crippen molar-refractivity contribution < 1.29 is 4.79 Å². The van der Waals surface area contributed by atoms with Crippen molar-refractivity contribution in [3.05, 3.63) is 11.6 Å². The second-order valence-electron chi connectivity index (χ2n) is 4.37. The topological polar surface area (TPSA) is 61.9 Å². The number of H-pyrrole nitrogens is 1. The summed E-state index contributed by atoms with van der Waals surface area (Å²) in [6.45, 7) is 8.07. The molecule has 5 nitrogen and oxygen atoms in total. The number of amides is 1. The van der Waals surface area contributed by atoms with E-state index in [-0.39, 0.29) is 23.7 Å². The molecule has 1 aromatic rings. The molecule has 1 aromatic heterocycles. The number of nitrogens with one attached hydrogen (secondary N) is 1. The molecule has 0 aliphatic heterocycles. The van der Waals surface area contributed by atoms with Crippen LogP contribution >= 0.6 is 0 Å². The van der Waals surface area contributed by atoms with E-state index in [0.717, 1.165) is 12.2 Å². The molecule has 16 heavy (non-hydrogen) atoms. The van der Waals surface area contributed by atoms with Crippen LogP contribution in [0.1, 0.15) is 56.5 Å². The molecule has 0 aliphatic rings. The summed E-state index contributed by atoms with van der Waals surface area (Å²) in [6.07, 6.45) is 0.920. The lowest BCUT2D eigenvalue weighted by molar-refractivity contribution is 0.0728. The van der Waals surface area contributed by atoms with Crippen molar-refractivity contribution in [1.29, 1.82) is 0 Å². The minimum absolute atomic E-state index is 0.127. The number of rotatable bonds is 4. The van der Waals surface area contributed by atoms with Gasteiger partial charge in [-0.3, -0.25) is 9.89 Å². The Balaban J connectivity index is 2.80. The van der Waals surface area contributed by atoms with E-state index in [1.165, 1.54) is 0 Å². The van der Waals surface area contributed by atoms with Crippen LogP contribution in [0.3, 0.4) is 0 Å². The number of aromatic amines is 1. The van der Waals surface area contributed by atoms with Gasteiger partial charge in [0.1, 0.15) is 5.82 Å². The molecule has 1 rings (SSSR count). The number of hydrogen-bond acceptors (Lipinski definition) is 3. The summed E-state index contributed by atoms with van der Waals surface area (Å²) in [5.74, 6) is 1.13. The van der Waals surface area contributed by atoms with Gasteiger partial charge in [-0.1, -0.05) is 20.8 Å². The molecule has 0 aromatic carbocycles. The molecule has 1 N–H and O–H groups in total. The van der Waals surface area contributed by atoms with Crippen LogP contribution in [0, 0.1) is 0 Å². The summed E-state index contributed by atoms with van der Waals surface area (Å²) in [5.41, 5.74) is 0. The van der Waals surface area contributed by atoms with E-state index in [1.54, 1.807) is 11.9 Å². The maximum Gasteiger partial charge on any atom is 0.293 e. The van der Waals surface area contributed by atoms with Gasteiger partial charge in [-0.25, -0.2) is 4.98 Å². The first-order valence-electron chi connectivity index (χ1n) is 5.66. The van der Waals surface area contributed by atoms with Gasteiger partial charge in [0.05, 0.1) is 0 Å². The molecular formula is C11H20N4O. The van der Waals surface area contributed by atoms with Gasteiger partial charge in [0.25, 0.3) is 5.91 Å². The van der Waals surface area contributed by atoms with Crippen LogP contribution in [-0.2, 0) is 0 Å². The van der Waals surface area contributed by atoms with Crippen LogP contribution < -0.4 is 0 Å². The van der Waals surface area contributed by atoms with Crippen LogP contribution in [-0.4, -0.2) is 39.1 Å². The van der Waals surface area contributed by atoms with Crippen molar-refractivity contribution in [2.75, 3.05) is 7.05 Å². The number of nitrogens with zero attached hydrogens (tertiary/aromatic N) is 3. The molecule has 0 bridgehead atoms. The fourth-order valence-corrected chi connectivity index (χ4v) is 1.26. The van der Waals surface area contributed by atoms with Crippen molar-refractivity contribution in [1.82, 2.24) is 20.1 Å². The minimum atomic E-state index is -0.127. The minimum Gasteiger partial charge on any atom is -0.336 e. The molecule has 1 amide bonds. The van der Waals surface area contributed by atoms with Crippen LogP contribution in [0.5, 0.6) is 0 Å². The highest BCUT2D eigenvalue weighted by molar-refractivity contribution is 5.90. The highest BCUT2D eigenvalue weighted by atomic mass is 16.2. The van der Waals surface area contributed by atoms with Crippen LogP contribution in [0.4, 0.5) is 0 Å². The zero-order valence-electron chi connectivity index (χ0n) is 10.6. The second kappa shape index (κ2) is 5.09. The molecule has 1 unspecified atom stereocenters. The second-order valence-corrected chi connectivity index (χ2v) is 4.37. The predicted octanol–water partition coefficient (Wildman–Crippen LogP) is 1.80. The lowest BCUT2D eigenvalue weighted by Gasteiger charge is -2.22. The van der Waals surface area contributed by atoms with Gasteiger partial charge in [0.2, 0.25) is 5.82 Å². The van der Waals surface area contributed by atoms with E-state index < -0.39 is 0 Å². The summed E-state index contributed by atoms with van der Waals surface area (Å²) in [6, 6.07) is 0.202. The largest absolute Gasteiger partial charge is 0.336 e. The number of carbonyl (C=O) groups is 1. The highest BCUT2D eigenvalue weighted by Crippen LogP contribution is 2.10. The van der Waals surface area contributed by atoms with Gasteiger partial charge in [0.15, 0.2) is 0 Å². The van der Waals surface area contributed by atoms with E-state index in [1.807, 2.05) is 27.7 Å². The first-order chi connectivity index (χ1) is 7.47. The number of carbonyl (C=O) groups excluding carboxylic acids is 1. The van der Waals surface area contributed by atoms with Crippen LogP contribution in [0.15, 0.2) is 0 Å². The Morgan fingerprint density at radius 2 is 2.06 bits per heavy atom. The summed E-state index contributed by atoms with van der Waals surface area (Å²) < 4.78 is 0. The fraction of sp³-hybridized carbons (Fsp3) is 0.727. The van der Waals surface area contributed by atoms with Gasteiger partial charge < -0.3 is 4.90 Å². The van der Waals surface area contributed by atoms with E-state index in [9.17, 15) is 4.79 Å². The average molecular weight is 224 g/mol. The van der Waals surface area contributed by atoms with Gasteiger partial charge in [-0.05, 0) is 13.3 Å². The van der Waals surface area contributed by atoms with Crippen molar-refractivity contribution in [2.45, 2.75) is 46.1 Å². The summed E-state index contributed by atoms with van der Waals surface area (Å²) >= 11 is 0. The molecule has 0 aliphatic carbocycles. The highest BCUT2D eigenvalue weighted by Gasteiger charge is 2.20. The van der Waals surface area contributed by atoms with Crippen LogP contribution in [0.25, 0.3) is 0 Å². The third-order valence-electron chi connectivity index (χ3n) is 2.81. The molecule has 0 saturated carbocycles. The van der Waals surface area contributed by atoms with Gasteiger partial charge in [-0.15, -0.1) is 5.10 Å². The molecule has 90 valence electrons. The zero-order chi connectivity index (χ0) is 12.3. The standard InChI is InChI=1S/C11H20N4O/c1-6-8(4)15(5)11(16)10-12-9(7(2)3)13-14-10/h7-8H,6H2,1-5H3,(H,12,13,14). The zero-order valence-corrected chi connectivity index (χ0v) is 10.6. The summed E-state index contributed by atoms with van der Waals surface area (Å²) in [7, 11) is 1.78. The maximum atomic E-state index is 12.0. The first-order valence-corrected chi connectivity index (χ1v) is 5.66. The fourth-order valence-electron chi connectivity index (χ4n) is 1.26. The summed E-state index contributed by atoms with van der Waals surface area (Å²) in [5, 5.41) is 6.74. The predicted molar refractivity (Wildman–Crippen MR) is 62.3 cm³/mol. The van der Waals surface area contributed by atoms with Crippen molar-refractivity contribution >= 4 is 5.91 Å². The van der Waals surface area contributed by atoms with E-state index in [2.05, 4.69) is 15.2 Å². The maximum absolute atomic E-state index is 12.0. The van der Waals surface area contributed by atoms with Crippen molar-refractivity contribution in [3.63, 3.8) is 0 Å². The Bertz CT molecular complexity index is 359. The number of hydrogen-bond donors (Lipinski definition) is 1. The lowest BCUT2D eigenvalue weighted by Crippen LogP contribution is -2.35. The van der Waals surface area contributed by atoms with Crippen molar-refractivity contribution in [3.8, 4) is 0 Å². The monoisotopic (exact) mass is 224 g/mol. The summed E-state index contributed by atoms with van der Waals surface area (Å²) in [4.78, 5) is 17.8. The molecule has 0 saturated heterocycles. The Hall–Kier alpha value is -1.39. The normalized spacial score (nSPS) is 12.9.